The highest BCUT2D eigenvalue weighted by atomic mass is 79.9. The molecule has 2 rings (SSSR count). The summed E-state index contributed by atoms with van der Waals surface area (Å²) in [6.07, 6.45) is 4.34. The lowest BCUT2D eigenvalue weighted by Gasteiger charge is -2.34. The molecular weight excluding hydrogens is 323 g/mol. The van der Waals surface area contributed by atoms with Gasteiger partial charge in [0.15, 0.2) is 0 Å². The van der Waals surface area contributed by atoms with Crippen molar-refractivity contribution < 1.29 is 9.50 Å². The van der Waals surface area contributed by atoms with Gasteiger partial charge in [0.25, 0.3) is 0 Å². The molecule has 20 heavy (non-hydrogen) atoms. The number of rotatable bonds is 5. The molecule has 0 heterocycles. The number of hydrogen-bond donors (Lipinski definition) is 3. The summed E-state index contributed by atoms with van der Waals surface area (Å²) in [4.78, 5) is 0. The molecule has 1 aromatic rings. The van der Waals surface area contributed by atoms with Gasteiger partial charge >= 0.3 is 0 Å². The maximum atomic E-state index is 14.0. The van der Waals surface area contributed by atoms with Crippen LogP contribution in [-0.4, -0.2) is 24.3 Å². The van der Waals surface area contributed by atoms with Crippen molar-refractivity contribution in [1.29, 1.82) is 0 Å². The van der Waals surface area contributed by atoms with Gasteiger partial charge in [-0.1, -0.05) is 34.8 Å². The smallest absolute Gasteiger partial charge is 0.129 e. The van der Waals surface area contributed by atoms with Gasteiger partial charge in [0.05, 0.1) is 0 Å². The lowest BCUT2D eigenvalue weighted by molar-refractivity contribution is 0.146. The van der Waals surface area contributed by atoms with Crippen LogP contribution in [0.15, 0.2) is 22.7 Å². The van der Waals surface area contributed by atoms with E-state index in [1.54, 1.807) is 6.07 Å². The predicted molar refractivity (Wildman–Crippen MR) is 81.9 cm³/mol. The zero-order valence-electron chi connectivity index (χ0n) is 11.5. The zero-order chi connectivity index (χ0) is 14.5. The van der Waals surface area contributed by atoms with Crippen LogP contribution in [0.3, 0.4) is 0 Å². The van der Waals surface area contributed by atoms with Crippen LogP contribution in [0.25, 0.3) is 0 Å². The Bertz CT molecular complexity index is 444. The van der Waals surface area contributed by atoms with Gasteiger partial charge in [-0.15, -0.1) is 0 Å². The SMILES string of the molecule is NCC(NC1CCCCC1CO)c1ccc(Br)cc1F. The maximum absolute atomic E-state index is 14.0. The molecule has 1 aliphatic rings. The van der Waals surface area contributed by atoms with Gasteiger partial charge < -0.3 is 16.2 Å². The Balaban J connectivity index is 2.11. The van der Waals surface area contributed by atoms with Crippen LogP contribution >= 0.6 is 15.9 Å². The third kappa shape index (κ3) is 3.79. The molecular formula is C15H22BrFN2O. The third-order valence-electron chi connectivity index (χ3n) is 4.13. The normalized spacial score (nSPS) is 24.6. The lowest BCUT2D eigenvalue weighted by atomic mass is 9.84. The molecule has 3 atom stereocenters. The molecule has 1 aromatic carbocycles. The molecule has 0 saturated heterocycles. The first-order chi connectivity index (χ1) is 9.65. The van der Waals surface area contributed by atoms with E-state index < -0.39 is 0 Å². The van der Waals surface area contributed by atoms with Gasteiger partial charge in [-0.3, -0.25) is 0 Å². The fourth-order valence-electron chi connectivity index (χ4n) is 2.97. The van der Waals surface area contributed by atoms with Crippen molar-refractivity contribution in [1.82, 2.24) is 5.32 Å². The quantitative estimate of drug-likeness (QED) is 0.769. The average Bonchev–Trinajstić information content (AvgIpc) is 2.46. The Morgan fingerprint density at radius 3 is 2.80 bits per heavy atom. The van der Waals surface area contributed by atoms with Crippen LogP contribution in [0.2, 0.25) is 0 Å². The van der Waals surface area contributed by atoms with Gasteiger partial charge in [0.2, 0.25) is 0 Å². The number of nitrogens with one attached hydrogen (secondary N) is 1. The third-order valence-corrected chi connectivity index (χ3v) is 4.63. The van der Waals surface area contributed by atoms with E-state index in [0.717, 1.165) is 30.2 Å². The Morgan fingerprint density at radius 2 is 2.15 bits per heavy atom. The van der Waals surface area contributed by atoms with Gasteiger partial charge in [-0.05, 0) is 30.9 Å². The molecule has 1 fully saturated rings. The van der Waals surface area contributed by atoms with Gasteiger partial charge in [-0.25, -0.2) is 4.39 Å². The molecule has 0 radical (unpaired) electrons. The van der Waals surface area contributed by atoms with E-state index in [9.17, 15) is 9.50 Å². The number of halogens is 2. The summed E-state index contributed by atoms with van der Waals surface area (Å²) in [5.74, 6) is -0.00464. The van der Waals surface area contributed by atoms with Crippen LogP contribution in [0.5, 0.6) is 0 Å². The highest BCUT2D eigenvalue weighted by Crippen LogP contribution is 2.27. The van der Waals surface area contributed by atoms with E-state index >= 15 is 0 Å². The number of benzene rings is 1. The summed E-state index contributed by atoms with van der Waals surface area (Å²) in [5.41, 5.74) is 6.41. The first kappa shape index (κ1) is 15.9. The Hall–Kier alpha value is -0.490. The van der Waals surface area contributed by atoms with Gasteiger partial charge in [-0.2, -0.15) is 0 Å². The predicted octanol–water partition coefficient (Wildman–Crippen LogP) is 2.73. The topological polar surface area (TPSA) is 58.3 Å². The largest absolute Gasteiger partial charge is 0.396 e. The van der Waals surface area contributed by atoms with Crippen LogP contribution in [0.4, 0.5) is 4.39 Å². The summed E-state index contributed by atoms with van der Waals surface area (Å²) < 4.78 is 14.8. The van der Waals surface area contributed by atoms with E-state index in [0.29, 0.717) is 12.1 Å². The van der Waals surface area contributed by atoms with E-state index in [-0.39, 0.29) is 30.4 Å². The first-order valence-corrected chi connectivity index (χ1v) is 7.97. The Kier molecular flexibility index (Phi) is 5.96. The molecule has 0 amide bonds. The molecule has 1 aliphatic carbocycles. The van der Waals surface area contributed by atoms with Crippen molar-refractivity contribution in [3.05, 3.63) is 34.1 Å². The summed E-state index contributed by atoms with van der Waals surface area (Å²) in [6, 6.07) is 5.06. The van der Waals surface area contributed by atoms with Crippen molar-refractivity contribution in [2.45, 2.75) is 37.8 Å². The molecule has 0 spiro atoms. The monoisotopic (exact) mass is 344 g/mol. The van der Waals surface area contributed by atoms with Crippen LogP contribution < -0.4 is 11.1 Å². The van der Waals surface area contributed by atoms with Crippen molar-refractivity contribution in [3.63, 3.8) is 0 Å². The Labute approximate surface area is 127 Å². The minimum absolute atomic E-state index is 0.178. The van der Waals surface area contributed by atoms with Crippen molar-refractivity contribution >= 4 is 15.9 Å². The van der Waals surface area contributed by atoms with Gasteiger partial charge in [0, 0.05) is 35.3 Å². The number of aliphatic hydroxyl groups is 1. The van der Waals surface area contributed by atoms with Crippen molar-refractivity contribution in [3.8, 4) is 0 Å². The highest BCUT2D eigenvalue weighted by molar-refractivity contribution is 9.10. The minimum atomic E-state index is -0.251. The first-order valence-electron chi connectivity index (χ1n) is 7.17. The summed E-state index contributed by atoms with van der Waals surface area (Å²) >= 11 is 3.26. The van der Waals surface area contributed by atoms with E-state index in [2.05, 4.69) is 21.2 Å². The van der Waals surface area contributed by atoms with Crippen LogP contribution in [0, 0.1) is 11.7 Å². The number of aliphatic hydroxyl groups excluding tert-OH is 1. The molecule has 0 aliphatic heterocycles. The Morgan fingerprint density at radius 1 is 1.40 bits per heavy atom. The summed E-state index contributed by atoms with van der Waals surface area (Å²) in [6.45, 7) is 0.519. The molecule has 0 aromatic heterocycles. The summed E-state index contributed by atoms with van der Waals surface area (Å²) in [7, 11) is 0. The summed E-state index contributed by atoms with van der Waals surface area (Å²) in [5, 5.41) is 12.9. The second kappa shape index (κ2) is 7.50. The molecule has 3 unspecified atom stereocenters. The van der Waals surface area contributed by atoms with Gasteiger partial charge in [0.1, 0.15) is 5.82 Å². The number of hydrogen-bond acceptors (Lipinski definition) is 3. The molecule has 112 valence electrons. The highest BCUT2D eigenvalue weighted by Gasteiger charge is 2.27. The zero-order valence-corrected chi connectivity index (χ0v) is 13.1. The van der Waals surface area contributed by atoms with E-state index in [1.165, 1.54) is 6.07 Å². The van der Waals surface area contributed by atoms with Crippen molar-refractivity contribution in [2.75, 3.05) is 13.2 Å². The molecule has 3 nitrogen and oxygen atoms in total. The fourth-order valence-corrected chi connectivity index (χ4v) is 3.31. The minimum Gasteiger partial charge on any atom is -0.396 e. The average molecular weight is 345 g/mol. The fraction of sp³-hybridized carbons (Fsp3) is 0.600. The van der Waals surface area contributed by atoms with E-state index in [1.807, 2.05) is 6.07 Å². The van der Waals surface area contributed by atoms with Crippen LogP contribution in [0.1, 0.15) is 37.3 Å². The van der Waals surface area contributed by atoms with Crippen LogP contribution in [-0.2, 0) is 0 Å². The molecule has 1 saturated carbocycles. The molecule has 4 N–H and O–H groups in total. The maximum Gasteiger partial charge on any atom is 0.129 e. The molecule has 5 heteroatoms. The standard InChI is InChI=1S/C15H22BrFN2O/c16-11-5-6-12(13(17)7-11)15(8-18)19-14-4-2-1-3-10(14)9-20/h5-7,10,14-15,19-20H,1-4,8-9,18H2. The van der Waals surface area contributed by atoms with E-state index in [4.69, 9.17) is 5.73 Å². The second-order valence-electron chi connectivity index (χ2n) is 5.45. The molecule has 0 bridgehead atoms. The second-order valence-corrected chi connectivity index (χ2v) is 6.37. The number of nitrogens with two attached hydrogens (primary N) is 1. The van der Waals surface area contributed by atoms with Crippen molar-refractivity contribution in [2.24, 2.45) is 11.7 Å². The lowest BCUT2D eigenvalue weighted by Crippen LogP contribution is -2.44.